The summed E-state index contributed by atoms with van der Waals surface area (Å²) in [5.41, 5.74) is 0.977. The summed E-state index contributed by atoms with van der Waals surface area (Å²) < 4.78 is 4.92. The Labute approximate surface area is 128 Å². The molecule has 2 rings (SSSR count). The molecule has 0 aromatic carbocycles. The number of nitrogens with one attached hydrogen (secondary N) is 1. The first-order valence-electron chi connectivity index (χ1n) is 7.10. The Hall–Kier alpha value is -0.750. The van der Waals surface area contributed by atoms with Crippen LogP contribution in [-0.4, -0.2) is 35.1 Å². The highest BCUT2D eigenvalue weighted by Crippen LogP contribution is 2.31. The number of hydrogen-bond acceptors (Lipinski definition) is 6. The van der Waals surface area contributed by atoms with Crippen molar-refractivity contribution in [2.45, 2.75) is 50.3 Å². The summed E-state index contributed by atoms with van der Waals surface area (Å²) >= 11 is 3.59. The molecule has 1 aliphatic rings. The second kappa shape index (κ2) is 7.88. The predicted octanol–water partition coefficient (Wildman–Crippen LogP) is 3.33. The van der Waals surface area contributed by atoms with Crippen LogP contribution in [0.1, 0.15) is 38.3 Å². The van der Waals surface area contributed by atoms with Crippen LogP contribution in [0.2, 0.25) is 0 Å². The number of thioether (sulfide) groups is 1. The SMILES string of the molecule is CCOC(=O)CCc1csc(NC2CCC(SC)C2)n1. The van der Waals surface area contributed by atoms with E-state index in [0.29, 0.717) is 25.5 Å². The summed E-state index contributed by atoms with van der Waals surface area (Å²) in [6.45, 7) is 2.27. The van der Waals surface area contributed by atoms with E-state index < -0.39 is 0 Å². The number of aryl methyl sites for hydroxylation is 1. The van der Waals surface area contributed by atoms with Crippen LogP contribution in [0.5, 0.6) is 0 Å². The van der Waals surface area contributed by atoms with Gasteiger partial charge in [0.1, 0.15) is 0 Å². The summed E-state index contributed by atoms with van der Waals surface area (Å²) in [7, 11) is 0. The van der Waals surface area contributed by atoms with Gasteiger partial charge in [0.15, 0.2) is 5.13 Å². The maximum atomic E-state index is 11.3. The van der Waals surface area contributed by atoms with Gasteiger partial charge in [0, 0.05) is 23.1 Å². The minimum atomic E-state index is -0.145. The third-order valence-electron chi connectivity index (χ3n) is 3.49. The average Bonchev–Trinajstić information content (AvgIpc) is 3.06. The zero-order valence-corrected chi connectivity index (χ0v) is 13.7. The van der Waals surface area contributed by atoms with Crippen molar-refractivity contribution >= 4 is 34.2 Å². The Balaban J connectivity index is 1.76. The van der Waals surface area contributed by atoms with Gasteiger partial charge in [-0.3, -0.25) is 4.79 Å². The van der Waals surface area contributed by atoms with Gasteiger partial charge >= 0.3 is 5.97 Å². The van der Waals surface area contributed by atoms with Gasteiger partial charge in [-0.15, -0.1) is 11.3 Å². The van der Waals surface area contributed by atoms with Gasteiger partial charge in [-0.05, 0) is 32.4 Å². The number of carbonyl (C=O) groups is 1. The third-order valence-corrected chi connectivity index (χ3v) is 5.40. The molecule has 0 aliphatic heterocycles. The topological polar surface area (TPSA) is 51.2 Å². The first-order valence-corrected chi connectivity index (χ1v) is 9.27. The molecule has 4 nitrogen and oxygen atoms in total. The van der Waals surface area contributed by atoms with E-state index in [4.69, 9.17) is 4.74 Å². The van der Waals surface area contributed by atoms with Gasteiger partial charge in [-0.25, -0.2) is 4.98 Å². The van der Waals surface area contributed by atoms with Crippen LogP contribution < -0.4 is 5.32 Å². The van der Waals surface area contributed by atoms with Crippen LogP contribution in [0, 0.1) is 0 Å². The fourth-order valence-electron chi connectivity index (χ4n) is 2.41. The molecule has 20 heavy (non-hydrogen) atoms. The lowest BCUT2D eigenvalue weighted by Gasteiger charge is -2.11. The molecule has 0 saturated heterocycles. The third kappa shape index (κ3) is 4.66. The van der Waals surface area contributed by atoms with Crippen LogP contribution >= 0.6 is 23.1 Å². The first kappa shape index (κ1) is 15.6. The molecule has 2 atom stereocenters. The molecule has 1 aliphatic carbocycles. The van der Waals surface area contributed by atoms with Gasteiger partial charge in [0.05, 0.1) is 18.7 Å². The number of aromatic nitrogens is 1. The Kier molecular flexibility index (Phi) is 6.16. The number of anilines is 1. The molecule has 0 spiro atoms. The van der Waals surface area contributed by atoms with Crippen LogP contribution in [0.15, 0.2) is 5.38 Å². The maximum Gasteiger partial charge on any atom is 0.306 e. The minimum Gasteiger partial charge on any atom is -0.466 e. The second-order valence-electron chi connectivity index (χ2n) is 4.96. The van der Waals surface area contributed by atoms with Crippen molar-refractivity contribution in [1.29, 1.82) is 0 Å². The van der Waals surface area contributed by atoms with Crippen molar-refractivity contribution in [3.63, 3.8) is 0 Å². The van der Waals surface area contributed by atoms with E-state index in [9.17, 15) is 4.79 Å². The summed E-state index contributed by atoms with van der Waals surface area (Å²) in [6.07, 6.45) is 7.00. The molecule has 1 aromatic heterocycles. The van der Waals surface area contributed by atoms with Gasteiger partial charge in [0.25, 0.3) is 0 Å². The molecule has 1 N–H and O–H groups in total. The molecule has 112 valence electrons. The molecule has 1 saturated carbocycles. The molecular formula is C14H22N2O2S2. The van der Waals surface area contributed by atoms with Gasteiger partial charge in [0.2, 0.25) is 0 Å². The van der Waals surface area contributed by atoms with Gasteiger partial charge in [-0.2, -0.15) is 11.8 Å². The van der Waals surface area contributed by atoms with Crippen molar-refractivity contribution in [1.82, 2.24) is 4.98 Å². The largest absolute Gasteiger partial charge is 0.466 e. The lowest BCUT2D eigenvalue weighted by Crippen LogP contribution is -2.15. The van der Waals surface area contributed by atoms with Crippen LogP contribution in [0.4, 0.5) is 5.13 Å². The number of nitrogens with zero attached hydrogens (tertiary/aromatic N) is 1. The number of esters is 1. The maximum absolute atomic E-state index is 11.3. The summed E-state index contributed by atoms with van der Waals surface area (Å²) in [4.78, 5) is 15.9. The summed E-state index contributed by atoms with van der Waals surface area (Å²) in [5, 5.41) is 7.32. The lowest BCUT2D eigenvalue weighted by molar-refractivity contribution is -0.143. The Morgan fingerprint density at radius 1 is 1.60 bits per heavy atom. The smallest absolute Gasteiger partial charge is 0.306 e. The molecular weight excluding hydrogens is 292 g/mol. The zero-order valence-electron chi connectivity index (χ0n) is 12.1. The van der Waals surface area contributed by atoms with Crippen molar-refractivity contribution in [3.05, 3.63) is 11.1 Å². The Morgan fingerprint density at radius 3 is 3.15 bits per heavy atom. The molecule has 0 amide bonds. The van der Waals surface area contributed by atoms with Crippen LogP contribution in [0.25, 0.3) is 0 Å². The predicted molar refractivity (Wildman–Crippen MR) is 85.6 cm³/mol. The van der Waals surface area contributed by atoms with E-state index in [1.54, 1.807) is 11.3 Å². The highest BCUT2D eigenvalue weighted by Gasteiger charge is 2.24. The highest BCUT2D eigenvalue weighted by atomic mass is 32.2. The Morgan fingerprint density at radius 2 is 2.45 bits per heavy atom. The van der Waals surface area contributed by atoms with E-state index >= 15 is 0 Å². The number of thiazole rings is 1. The summed E-state index contributed by atoms with van der Waals surface area (Å²) in [5.74, 6) is -0.145. The van der Waals surface area contributed by atoms with Crippen molar-refractivity contribution in [3.8, 4) is 0 Å². The standard InChI is InChI=1S/C14H22N2O2S2/c1-3-18-13(17)7-5-11-9-20-14(16-11)15-10-4-6-12(8-10)19-2/h9-10,12H,3-8H2,1-2H3,(H,15,16). The molecule has 0 radical (unpaired) electrons. The number of rotatable bonds is 7. The van der Waals surface area contributed by atoms with E-state index in [-0.39, 0.29) is 5.97 Å². The van der Waals surface area contributed by atoms with E-state index in [0.717, 1.165) is 16.1 Å². The number of carbonyl (C=O) groups excluding carboxylic acids is 1. The highest BCUT2D eigenvalue weighted by molar-refractivity contribution is 7.99. The van der Waals surface area contributed by atoms with E-state index in [1.165, 1.54) is 19.3 Å². The molecule has 1 aromatic rings. The molecule has 2 unspecified atom stereocenters. The minimum absolute atomic E-state index is 0.145. The van der Waals surface area contributed by atoms with Crippen LogP contribution in [0.3, 0.4) is 0 Å². The second-order valence-corrected chi connectivity index (χ2v) is 6.96. The van der Waals surface area contributed by atoms with Crippen molar-refractivity contribution in [2.24, 2.45) is 0 Å². The molecule has 1 fully saturated rings. The number of hydrogen-bond donors (Lipinski definition) is 1. The average molecular weight is 314 g/mol. The van der Waals surface area contributed by atoms with Crippen molar-refractivity contribution in [2.75, 3.05) is 18.2 Å². The van der Waals surface area contributed by atoms with Crippen LogP contribution in [-0.2, 0) is 16.0 Å². The monoisotopic (exact) mass is 314 g/mol. The summed E-state index contributed by atoms with van der Waals surface area (Å²) in [6, 6.07) is 0.552. The first-order chi connectivity index (χ1) is 9.71. The van der Waals surface area contributed by atoms with Gasteiger partial charge < -0.3 is 10.1 Å². The fourth-order valence-corrected chi connectivity index (χ4v) is 4.03. The molecule has 1 heterocycles. The molecule has 0 bridgehead atoms. The fraction of sp³-hybridized carbons (Fsp3) is 0.714. The molecule has 6 heteroatoms. The number of ether oxygens (including phenoxy) is 1. The van der Waals surface area contributed by atoms with E-state index in [1.807, 2.05) is 24.1 Å². The normalized spacial score (nSPS) is 21.9. The lowest BCUT2D eigenvalue weighted by atomic mass is 10.2. The van der Waals surface area contributed by atoms with Gasteiger partial charge in [-0.1, -0.05) is 0 Å². The zero-order chi connectivity index (χ0) is 14.4. The Bertz CT molecular complexity index is 437. The quantitative estimate of drug-likeness (QED) is 0.782. The van der Waals surface area contributed by atoms with Crippen molar-refractivity contribution < 1.29 is 9.53 Å². The van der Waals surface area contributed by atoms with E-state index in [2.05, 4.69) is 16.6 Å².